The summed E-state index contributed by atoms with van der Waals surface area (Å²) in [5, 5.41) is 3.04. The first-order valence-electron chi connectivity index (χ1n) is 10.1. The average molecular weight is 426 g/mol. The number of aromatic nitrogens is 2. The zero-order valence-electron chi connectivity index (χ0n) is 16.9. The summed E-state index contributed by atoms with van der Waals surface area (Å²) < 4.78 is 21.7. The number of amides is 1. The molecule has 8 nitrogen and oxygen atoms in total. The van der Waals surface area contributed by atoms with Gasteiger partial charge in [0.1, 0.15) is 12.4 Å². The summed E-state index contributed by atoms with van der Waals surface area (Å²) in [5.74, 6) is -1.06. The Morgan fingerprint density at radius 3 is 2.52 bits per heavy atom. The van der Waals surface area contributed by atoms with Crippen molar-refractivity contribution in [3.05, 3.63) is 75.2 Å². The number of para-hydroxylation sites is 2. The second kappa shape index (κ2) is 9.23. The van der Waals surface area contributed by atoms with Crippen molar-refractivity contribution in [2.24, 2.45) is 0 Å². The van der Waals surface area contributed by atoms with Crippen molar-refractivity contribution in [1.82, 2.24) is 19.4 Å². The van der Waals surface area contributed by atoms with Gasteiger partial charge in [0.2, 0.25) is 5.91 Å². The van der Waals surface area contributed by atoms with Crippen LogP contribution in [0.2, 0.25) is 0 Å². The minimum absolute atomic E-state index is 0.148. The molecule has 0 aliphatic carbocycles. The van der Waals surface area contributed by atoms with Gasteiger partial charge in [-0.15, -0.1) is 0 Å². The topological polar surface area (TPSA) is 85.6 Å². The third-order valence-corrected chi connectivity index (χ3v) is 5.30. The second-order valence-electron chi connectivity index (χ2n) is 7.28. The van der Waals surface area contributed by atoms with E-state index in [0.717, 1.165) is 17.7 Å². The first-order chi connectivity index (χ1) is 15.1. The van der Waals surface area contributed by atoms with Crippen molar-refractivity contribution < 1.29 is 13.9 Å². The van der Waals surface area contributed by atoms with Crippen LogP contribution < -0.4 is 16.6 Å². The summed E-state index contributed by atoms with van der Waals surface area (Å²) in [7, 11) is 0. The van der Waals surface area contributed by atoms with Crippen LogP contribution in [-0.2, 0) is 16.1 Å². The zero-order valence-corrected chi connectivity index (χ0v) is 16.9. The van der Waals surface area contributed by atoms with Gasteiger partial charge < -0.3 is 10.1 Å². The summed E-state index contributed by atoms with van der Waals surface area (Å²) in [6.07, 6.45) is 0. The fourth-order valence-electron chi connectivity index (χ4n) is 3.70. The third-order valence-electron chi connectivity index (χ3n) is 5.30. The van der Waals surface area contributed by atoms with Crippen LogP contribution in [0.3, 0.4) is 0 Å². The Balaban J connectivity index is 1.64. The number of ether oxygens (including phenoxy) is 1. The van der Waals surface area contributed by atoms with E-state index in [2.05, 4.69) is 10.2 Å². The Hall–Kier alpha value is -3.30. The van der Waals surface area contributed by atoms with Crippen molar-refractivity contribution in [2.75, 3.05) is 39.4 Å². The molecule has 1 fully saturated rings. The van der Waals surface area contributed by atoms with Crippen molar-refractivity contribution >= 4 is 16.8 Å². The standard InChI is InChI=1S/C22H23FN4O4/c23-17-6-2-4-8-19(17)27-21(29)16-5-1-3-7-18(16)26(22(27)30)15-20(28)24-9-10-25-11-13-31-14-12-25/h1-8H,9-15H2,(H,24,28). The van der Waals surface area contributed by atoms with Crippen molar-refractivity contribution in [3.8, 4) is 5.69 Å². The average Bonchev–Trinajstić information content (AvgIpc) is 2.79. The van der Waals surface area contributed by atoms with Gasteiger partial charge >= 0.3 is 5.69 Å². The molecule has 1 aliphatic heterocycles. The predicted molar refractivity (Wildman–Crippen MR) is 114 cm³/mol. The largest absolute Gasteiger partial charge is 0.379 e. The highest BCUT2D eigenvalue weighted by atomic mass is 19.1. The highest BCUT2D eigenvalue weighted by Crippen LogP contribution is 2.12. The van der Waals surface area contributed by atoms with E-state index in [1.165, 1.54) is 22.8 Å². The molecule has 0 atom stereocenters. The minimum Gasteiger partial charge on any atom is -0.379 e. The molecule has 1 aromatic heterocycles. The number of hydrogen-bond donors (Lipinski definition) is 1. The van der Waals surface area contributed by atoms with Crippen molar-refractivity contribution in [2.45, 2.75) is 6.54 Å². The fraction of sp³-hybridized carbons (Fsp3) is 0.318. The van der Waals surface area contributed by atoms with Crippen LogP contribution in [0.1, 0.15) is 0 Å². The predicted octanol–water partition coefficient (Wildman–Crippen LogP) is 0.740. The lowest BCUT2D eigenvalue weighted by molar-refractivity contribution is -0.121. The van der Waals surface area contributed by atoms with Crippen molar-refractivity contribution in [1.29, 1.82) is 0 Å². The molecule has 1 N–H and O–H groups in total. The Morgan fingerprint density at radius 1 is 1.03 bits per heavy atom. The molecular formula is C22H23FN4O4. The summed E-state index contributed by atoms with van der Waals surface area (Å²) in [4.78, 5) is 40.9. The molecule has 0 bridgehead atoms. The minimum atomic E-state index is -0.767. The van der Waals surface area contributed by atoms with Gasteiger partial charge in [-0.25, -0.2) is 13.8 Å². The number of hydrogen-bond acceptors (Lipinski definition) is 5. The molecule has 0 unspecified atom stereocenters. The number of benzene rings is 2. The smallest absolute Gasteiger partial charge is 0.336 e. The van der Waals surface area contributed by atoms with E-state index in [1.807, 2.05) is 0 Å². The van der Waals surface area contributed by atoms with Gasteiger partial charge in [-0.1, -0.05) is 24.3 Å². The number of morpholine rings is 1. The Morgan fingerprint density at radius 2 is 1.74 bits per heavy atom. The van der Waals surface area contributed by atoms with Gasteiger partial charge in [-0.2, -0.15) is 0 Å². The number of fused-ring (bicyclic) bond motifs is 1. The van der Waals surface area contributed by atoms with Gasteiger partial charge in [0, 0.05) is 26.2 Å². The summed E-state index contributed by atoms with van der Waals surface area (Å²) in [6.45, 7) is 3.80. The number of nitrogens with one attached hydrogen (secondary N) is 1. The Kier molecular flexibility index (Phi) is 6.24. The number of halogens is 1. The van der Waals surface area contributed by atoms with E-state index in [9.17, 15) is 18.8 Å². The van der Waals surface area contributed by atoms with Gasteiger partial charge in [0.15, 0.2) is 0 Å². The highest BCUT2D eigenvalue weighted by Gasteiger charge is 2.18. The molecule has 162 valence electrons. The van der Waals surface area contributed by atoms with Crippen LogP contribution in [0.15, 0.2) is 58.1 Å². The maximum Gasteiger partial charge on any atom is 0.336 e. The van der Waals surface area contributed by atoms with Crippen LogP contribution in [0, 0.1) is 5.82 Å². The molecule has 4 rings (SSSR count). The lowest BCUT2D eigenvalue weighted by Gasteiger charge is -2.26. The molecule has 31 heavy (non-hydrogen) atoms. The van der Waals surface area contributed by atoms with E-state index < -0.39 is 17.1 Å². The number of rotatable bonds is 6. The molecule has 2 heterocycles. The summed E-state index contributed by atoms with van der Waals surface area (Å²) in [6, 6.07) is 12.1. The molecular weight excluding hydrogens is 403 g/mol. The van der Waals surface area contributed by atoms with Crippen LogP contribution >= 0.6 is 0 Å². The van der Waals surface area contributed by atoms with Crippen molar-refractivity contribution in [3.63, 3.8) is 0 Å². The van der Waals surface area contributed by atoms with Crippen LogP contribution in [0.4, 0.5) is 4.39 Å². The van der Waals surface area contributed by atoms with E-state index in [4.69, 9.17) is 4.74 Å². The number of nitrogens with zero attached hydrogens (tertiary/aromatic N) is 3. The molecule has 3 aromatic rings. The molecule has 0 spiro atoms. The van der Waals surface area contributed by atoms with Crippen LogP contribution in [-0.4, -0.2) is 59.3 Å². The molecule has 0 saturated carbocycles. The quantitative estimate of drug-likeness (QED) is 0.629. The SMILES string of the molecule is O=C(Cn1c(=O)n(-c2ccccc2F)c(=O)c2ccccc21)NCCN1CCOCC1. The van der Waals surface area contributed by atoms with Crippen LogP contribution in [0.25, 0.3) is 16.6 Å². The van der Waals surface area contributed by atoms with E-state index in [-0.39, 0.29) is 23.5 Å². The number of carbonyl (C=O) groups excluding carboxylic acids is 1. The maximum atomic E-state index is 14.4. The molecule has 0 radical (unpaired) electrons. The lowest BCUT2D eigenvalue weighted by atomic mass is 10.2. The third kappa shape index (κ3) is 4.42. The molecule has 1 aliphatic rings. The van der Waals surface area contributed by atoms with E-state index >= 15 is 0 Å². The first kappa shape index (κ1) is 21.0. The summed E-state index contributed by atoms with van der Waals surface area (Å²) in [5.41, 5.74) is -1.22. The molecule has 1 saturated heterocycles. The van der Waals surface area contributed by atoms with E-state index in [0.29, 0.717) is 31.8 Å². The molecule has 1 amide bonds. The van der Waals surface area contributed by atoms with Gasteiger partial charge in [-0.3, -0.25) is 19.1 Å². The maximum absolute atomic E-state index is 14.4. The number of carbonyl (C=O) groups is 1. The highest BCUT2D eigenvalue weighted by molar-refractivity contribution is 5.81. The monoisotopic (exact) mass is 426 g/mol. The molecule has 2 aromatic carbocycles. The van der Waals surface area contributed by atoms with Crippen LogP contribution in [0.5, 0.6) is 0 Å². The first-order valence-corrected chi connectivity index (χ1v) is 10.1. The zero-order chi connectivity index (χ0) is 21.8. The second-order valence-corrected chi connectivity index (χ2v) is 7.28. The Labute approximate surface area is 177 Å². The fourth-order valence-corrected chi connectivity index (χ4v) is 3.70. The summed E-state index contributed by atoms with van der Waals surface area (Å²) >= 11 is 0. The lowest BCUT2D eigenvalue weighted by Crippen LogP contribution is -2.44. The normalized spacial score (nSPS) is 14.6. The Bertz CT molecular complexity index is 1210. The van der Waals surface area contributed by atoms with E-state index in [1.54, 1.807) is 30.3 Å². The molecule has 9 heteroatoms. The van der Waals surface area contributed by atoms with Gasteiger partial charge in [-0.05, 0) is 24.3 Å². The van der Waals surface area contributed by atoms with Gasteiger partial charge in [0.25, 0.3) is 5.56 Å². The van der Waals surface area contributed by atoms with Gasteiger partial charge in [0.05, 0.1) is 29.8 Å².